The van der Waals surface area contributed by atoms with Crippen LogP contribution in [0.4, 0.5) is 0 Å². The van der Waals surface area contributed by atoms with E-state index in [1.807, 2.05) is 24.7 Å². The Hall–Kier alpha value is -1.07. The van der Waals surface area contributed by atoms with E-state index in [1.165, 1.54) is 22.3 Å². The van der Waals surface area contributed by atoms with Gasteiger partial charge in [0.1, 0.15) is 0 Å². The Balaban J connectivity index is 0.000000195. The normalized spacial score (nSPS) is 33.9. The van der Waals surface area contributed by atoms with E-state index in [9.17, 15) is 0 Å². The molecule has 5 aromatic rings. The van der Waals surface area contributed by atoms with Gasteiger partial charge in [0.25, 0.3) is 65.0 Å². The van der Waals surface area contributed by atoms with Crippen LogP contribution in [0.1, 0.15) is 54.4 Å². The number of rotatable bonds is 16. The first-order valence-corrected chi connectivity index (χ1v) is 68.1. The number of hydrogen-bond acceptors (Lipinski definition) is 16. The topological polar surface area (TPSA) is 148 Å². The van der Waals surface area contributed by atoms with Gasteiger partial charge in [-0.05, 0) is 201 Å². The Morgan fingerprint density at radius 3 is 0.833 bits per heavy atom. The summed E-state index contributed by atoms with van der Waals surface area (Å²) < 4.78 is 99.6. The van der Waals surface area contributed by atoms with Gasteiger partial charge in [-0.1, -0.05) is 159 Å². The fraction of sp³-hybridized carbons (Fsp3) is 0.483. The predicted molar refractivity (Wildman–Crippen MR) is 403 cm³/mol. The Labute approximate surface area is 565 Å². The van der Waals surface area contributed by atoms with Gasteiger partial charge in [0.2, 0.25) is 0 Å². The molecule has 500 valence electrons. The fourth-order valence-electron chi connectivity index (χ4n) is 12.1. The first kappa shape index (κ1) is 77.9. The largest absolute Gasteiger partial charge is 0.420 e. The van der Waals surface area contributed by atoms with E-state index in [2.05, 4.69) is 239 Å². The van der Waals surface area contributed by atoms with Crippen LogP contribution in [0.25, 0.3) is 0 Å². The summed E-state index contributed by atoms with van der Waals surface area (Å²) in [4.78, 5) is 0. The van der Waals surface area contributed by atoms with Crippen LogP contribution >= 0.6 is 0 Å². The first-order valence-electron chi connectivity index (χ1n) is 32.6. The fourth-order valence-corrected chi connectivity index (χ4v) is 73.5. The minimum absolute atomic E-state index is 0.430. The Morgan fingerprint density at radius 1 is 0.289 bits per heavy atom. The number of hydrogen-bond donors (Lipinski definition) is 0. The molecule has 4 aliphatic heterocycles. The standard InChI is InChI=1S/C22H36O4Si4.2C13H26O4Si4.C10H20O4Si4/c1-27-23-29(3,19-11-17-21-13-7-5-8-14-21)25-28(2)26-30(4,24-27)20-12-18-22-15-9-6-10-16-22;1-12(13-9-7-6-8-10-13)11-21(5)16-19(3)14-18(2)15-20(4)17-21;1-18-14-19(2)16-21(4,17-20(3)15-18)12-8-11-13-9-6-5-7-10-13;1-15-11-16(2)13-18(4,14-17(3)12-15)10-8-6-5-7-9-10/h5-10,13-16,27-28H,11-12,17-20H2,1-4H3;6-10,12,18-20H,11H2,1-5H3;5-7,9-10,18-20H,8,11-12H2,1-4H3;5-9,15-17H,1-4H3. The zero-order chi connectivity index (χ0) is 65.4. The molecule has 0 aromatic heterocycles. The van der Waals surface area contributed by atoms with Gasteiger partial charge < -0.3 is 65.8 Å². The van der Waals surface area contributed by atoms with Crippen molar-refractivity contribution in [2.75, 3.05) is 0 Å². The molecular weight excluding hydrogens is 1400 g/mol. The van der Waals surface area contributed by atoms with Crippen molar-refractivity contribution in [1.82, 2.24) is 0 Å². The Bertz CT molecular complexity index is 2640. The highest BCUT2D eigenvalue weighted by molar-refractivity contribution is 6.89. The zero-order valence-electron chi connectivity index (χ0n) is 57.0. The van der Waals surface area contributed by atoms with Crippen LogP contribution in [0, 0.1) is 0 Å². The molecule has 0 N–H and O–H groups in total. The average molecular weight is 1510 g/mol. The summed E-state index contributed by atoms with van der Waals surface area (Å²) in [5, 5.41) is 1.16. The zero-order valence-corrected chi connectivity index (χ0v) is 74.7. The van der Waals surface area contributed by atoms with Crippen molar-refractivity contribution in [2.24, 2.45) is 0 Å². The van der Waals surface area contributed by atoms with Gasteiger partial charge in [-0.3, -0.25) is 0 Å². The molecule has 9 rings (SSSR count). The maximum absolute atomic E-state index is 6.57. The Kier molecular flexibility index (Phi) is 33.6. The smallest absolute Gasteiger partial charge is 0.351 e. The highest BCUT2D eigenvalue weighted by atomic mass is 28.5. The molecule has 0 spiro atoms. The Morgan fingerprint density at radius 2 is 0.533 bits per heavy atom. The van der Waals surface area contributed by atoms with Gasteiger partial charge in [-0.15, -0.1) is 0 Å². The molecule has 4 fully saturated rings. The van der Waals surface area contributed by atoms with Crippen LogP contribution in [-0.2, 0) is 85.1 Å². The van der Waals surface area contributed by atoms with Crippen molar-refractivity contribution >= 4 is 150 Å². The van der Waals surface area contributed by atoms with Crippen LogP contribution in [-0.4, -0.2) is 145 Å². The highest BCUT2D eigenvalue weighted by Gasteiger charge is 2.46. The van der Waals surface area contributed by atoms with Crippen molar-refractivity contribution < 1.29 is 65.8 Å². The van der Waals surface area contributed by atoms with Crippen LogP contribution in [0.2, 0.25) is 129 Å². The van der Waals surface area contributed by atoms with Gasteiger partial charge in [0.05, 0.1) is 0 Å². The van der Waals surface area contributed by atoms with Crippen molar-refractivity contribution in [3.63, 3.8) is 0 Å². The van der Waals surface area contributed by atoms with E-state index in [-0.39, 0.29) is 0 Å². The first-order chi connectivity index (χ1) is 42.7. The molecule has 0 amide bonds. The van der Waals surface area contributed by atoms with E-state index in [0.29, 0.717) is 5.92 Å². The SMILES string of the molecule is CC(C[Si]1(C)O[SiH](C)O[SiH](C)O[SiH](C)O1)c1ccccc1.C[SiH]1O[SiH](C)O[Si](C)(CCCc2ccccc2)O[SiH](C)O1.C[SiH]1O[SiH](C)O[Si](C)(c2ccccc2)O[SiH](C)O1.C[SiH]1O[Si](C)(CCCc2ccccc2)O[SiH](C)O[Si](C)(CCCc2ccccc2)O1. The lowest BCUT2D eigenvalue weighted by molar-refractivity contribution is 0.255. The van der Waals surface area contributed by atoms with E-state index < -0.39 is 145 Å². The molecule has 7 atom stereocenters. The van der Waals surface area contributed by atoms with Gasteiger partial charge in [0.15, 0.2) is 0 Å². The van der Waals surface area contributed by atoms with E-state index >= 15 is 0 Å². The average Bonchev–Trinajstić information content (AvgIpc) is 0.935. The third-order valence-electron chi connectivity index (χ3n) is 15.6. The number of benzene rings is 5. The van der Waals surface area contributed by atoms with Crippen LogP contribution < -0.4 is 5.19 Å². The molecule has 4 aliphatic rings. The summed E-state index contributed by atoms with van der Waals surface area (Å²) in [6, 6.07) is 56.7. The lowest BCUT2D eigenvalue weighted by Crippen LogP contribution is -2.59. The van der Waals surface area contributed by atoms with Crippen molar-refractivity contribution in [3.05, 3.63) is 174 Å². The van der Waals surface area contributed by atoms with Crippen molar-refractivity contribution in [3.8, 4) is 0 Å². The van der Waals surface area contributed by atoms with Gasteiger partial charge in [0, 0.05) is 0 Å². The van der Waals surface area contributed by atoms with Crippen molar-refractivity contribution in [1.29, 1.82) is 0 Å². The maximum atomic E-state index is 6.57. The monoisotopic (exact) mass is 1510 g/mol. The highest BCUT2D eigenvalue weighted by Crippen LogP contribution is 2.32. The van der Waals surface area contributed by atoms with Gasteiger partial charge in [-0.2, -0.15) is 0 Å². The van der Waals surface area contributed by atoms with E-state index in [1.54, 1.807) is 0 Å². The minimum Gasteiger partial charge on any atom is -0.420 e. The number of aryl methyl sites for hydroxylation is 3. The molecule has 0 radical (unpaired) electrons. The molecule has 5 aromatic carbocycles. The molecule has 90 heavy (non-hydrogen) atoms. The van der Waals surface area contributed by atoms with E-state index in [0.717, 1.165) is 67.9 Å². The second-order valence-electron chi connectivity index (χ2n) is 24.6. The maximum Gasteiger partial charge on any atom is 0.351 e. The minimum atomic E-state index is -2.36. The lowest BCUT2D eigenvalue weighted by Gasteiger charge is -2.41. The predicted octanol–water partition coefficient (Wildman–Crippen LogP) is 10.6. The molecule has 0 saturated carbocycles. The summed E-state index contributed by atoms with van der Waals surface area (Å²) in [7, 11) is -29.2. The summed E-state index contributed by atoms with van der Waals surface area (Å²) in [6.07, 6.45) is 6.48. The summed E-state index contributed by atoms with van der Waals surface area (Å²) in [5.41, 5.74) is 5.48. The summed E-state index contributed by atoms with van der Waals surface area (Å²) in [5.74, 6) is 0.430. The van der Waals surface area contributed by atoms with Gasteiger partial charge >= 0.3 is 79.9 Å². The van der Waals surface area contributed by atoms with Gasteiger partial charge in [-0.25, -0.2) is 0 Å². The molecule has 32 heteroatoms. The van der Waals surface area contributed by atoms with Crippen LogP contribution in [0.15, 0.2) is 152 Å². The second kappa shape index (κ2) is 38.8. The summed E-state index contributed by atoms with van der Waals surface area (Å²) >= 11 is 0. The second-order valence-corrected chi connectivity index (χ2v) is 66.5. The summed E-state index contributed by atoms with van der Waals surface area (Å²) in [6.45, 7) is 36.1. The quantitative estimate of drug-likeness (QED) is 0.0862. The van der Waals surface area contributed by atoms with Crippen LogP contribution in [0.5, 0.6) is 0 Å². The van der Waals surface area contributed by atoms with E-state index in [4.69, 9.17) is 65.8 Å². The molecule has 0 aliphatic carbocycles. The molecule has 4 heterocycles. The van der Waals surface area contributed by atoms with Crippen molar-refractivity contribution in [2.45, 2.75) is 180 Å². The molecule has 0 bridgehead atoms. The molecular formula is C58H108O16Si16. The third kappa shape index (κ3) is 28.9. The molecule has 7 unspecified atom stereocenters. The molecule has 4 saturated heterocycles. The third-order valence-corrected chi connectivity index (χ3v) is 73.3. The molecule has 16 nitrogen and oxygen atoms in total. The lowest BCUT2D eigenvalue weighted by atomic mass is 10.0. The van der Waals surface area contributed by atoms with Crippen LogP contribution in [0.3, 0.4) is 0 Å².